The minimum Gasteiger partial charge on any atom is -0.496 e. The second-order valence-corrected chi connectivity index (χ2v) is 7.03. The lowest BCUT2D eigenvalue weighted by molar-refractivity contribution is -0.122. The second kappa shape index (κ2) is 7.15. The number of pyridine rings is 1. The van der Waals surface area contributed by atoms with E-state index in [9.17, 15) is 4.79 Å². The Bertz CT molecular complexity index is 819. The monoisotopic (exact) mass is 356 g/mol. The van der Waals surface area contributed by atoms with E-state index in [1.807, 2.05) is 43.3 Å². The van der Waals surface area contributed by atoms with Gasteiger partial charge in [-0.2, -0.15) is 0 Å². The van der Waals surface area contributed by atoms with E-state index in [0.717, 1.165) is 22.4 Å². The van der Waals surface area contributed by atoms with E-state index in [2.05, 4.69) is 4.98 Å². The van der Waals surface area contributed by atoms with Crippen LogP contribution in [0.4, 0.5) is 0 Å². The van der Waals surface area contributed by atoms with Crippen LogP contribution >= 0.6 is 24.0 Å². The topological polar surface area (TPSA) is 42.4 Å². The summed E-state index contributed by atoms with van der Waals surface area (Å²) >= 11 is 6.69. The Morgan fingerprint density at radius 3 is 2.88 bits per heavy atom. The fourth-order valence-electron chi connectivity index (χ4n) is 2.45. The summed E-state index contributed by atoms with van der Waals surface area (Å²) in [6.45, 7) is 2.42. The number of rotatable bonds is 4. The average molecular weight is 356 g/mol. The van der Waals surface area contributed by atoms with Gasteiger partial charge < -0.3 is 4.74 Å². The highest BCUT2D eigenvalue weighted by molar-refractivity contribution is 8.26. The lowest BCUT2D eigenvalue weighted by atomic mass is 10.1. The molecule has 1 aromatic heterocycles. The van der Waals surface area contributed by atoms with E-state index >= 15 is 0 Å². The maximum absolute atomic E-state index is 12.6. The van der Waals surface area contributed by atoms with Gasteiger partial charge in [-0.25, -0.2) is 0 Å². The predicted octanol–water partition coefficient (Wildman–Crippen LogP) is 3.80. The number of nitrogens with zero attached hydrogens (tertiary/aromatic N) is 2. The fourth-order valence-corrected chi connectivity index (χ4v) is 3.71. The molecule has 0 atom stereocenters. The van der Waals surface area contributed by atoms with E-state index in [1.54, 1.807) is 24.4 Å². The molecule has 1 saturated heterocycles. The molecule has 1 fully saturated rings. The van der Waals surface area contributed by atoms with Crippen molar-refractivity contribution in [1.29, 1.82) is 0 Å². The summed E-state index contributed by atoms with van der Waals surface area (Å²) in [5.74, 6) is 0.763. The number of aromatic nitrogens is 1. The van der Waals surface area contributed by atoms with Crippen LogP contribution in [0.25, 0.3) is 6.08 Å². The molecule has 2 heterocycles. The van der Waals surface area contributed by atoms with Crippen molar-refractivity contribution in [2.75, 3.05) is 7.11 Å². The molecule has 0 radical (unpaired) electrons. The van der Waals surface area contributed by atoms with E-state index < -0.39 is 0 Å². The third kappa shape index (κ3) is 3.49. The SMILES string of the molecule is COc1ccc(/C=C2/SC(=S)N(Cc3cccnc3)C2=O)cc1C. The normalized spacial score (nSPS) is 16.1. The number of thiocarbonyl (C=S) groups is 1. The van der Waals surface area contributed by atoms with E-state index in [0.29, 0.717) is 15.8 Å². The number of methoxy groups -OCH3 is 1. The molecule has 0 bridgehead atoms. The fraction of sp³-hybridized carbons (Fsp3) is 0.167. The molecule has 0 unspecified atom stereocenters. The van der Waals surface area contributed by atoms with Gasteiger partial charge in [0.2, 0.25) is 0 Å². The smallest absolute Gasteiger partial charge is 0.266 e. The largest absolute Gasteiger partial charge is 0.496 e. The number of amides is 1. The molecule has 0 aliphatic carbocycles. The molecule has 122 valence electrons. The van der Waals surface area contributed by atoms with Crippen LogP contribution < -0.4 is 4.74 Å². The lowest BCUT2D eigenvalue weighted by Crippen LogP contribution is -2.27. The van der Waals surface area contributed by atoms with Crippen LogP contribution in [-0.4, -0.2) is 27.2 Å². The number of ether oxygens (including phenoxy) is 1. The highest BCUT2D eigenvalue weighted by Gasteiger charge is 2.31. The van der Waals surface area contributed by atoms with Crippen molar-refractivity contribution >= 4 is 40.3 Å². The van der Waals surface area contributed by atoms with Crippen molar-refractivity contribution in [3.8, 4) is 5.75 Å². The van der Waals surface area contributed by atoms with Crippen LogP contribution in [0.5, 0.6) is 5.75 Å². The molecule has 1 aromatic carbocycles. The van der Waals surface area contributed by atoms with Crippen molar-refractivity contribution in [3.05, 3.63) is 64.3 Å². The van der Waals surface area contributed by atoms with Gasteiger partial charge in [0.25, 0.3) is 5.91 Å². The first-order valence-electron chi connectivity index (χ1n) is 7.37. The molecule has 6 heteroatoms. The van der Waals surface area contributed by atoms with Crippen LogP contribution in [0, 0.1) is 6.92 Å². The number of hydrogen-bond acceptors (Lipinski definition) is 5. The van der Waals surface area contributed by atoms with Crippen LogP contribution in [0.3, 0.4) is 0 Å². The van der Waals surface area contributed by atoms with Crippen molar-refractivity contribution in [3.63, 3.8) is 0 Å². The molecule has 24 heavy (non-hydrogen) atoms. The molecule has 0 spiro atoms. The maximum atomic E-state index is 12.6. The standard InChI is InChI=1S/C18H16N2O2S2/c1-12-8-13(5-6-15(12)22-2)9-16-17(21)20(18(23)24-16)11-14-4-3-7-19-10-14/h3-10H,11H2,1-2H3/b16-9+. The first kappa shape index (κ1) is 16.7. The third-order valence-corrected chi connectivity index (χ3v) is 5.03. The molecule has 2 aromatic rings. The highest BCUT2D eigenvalue weighted by atomic mass is 32.2. The molecule has 1 amide bonds. The number of carbonyl (C=O) groups is 1. The zero-order valence-corrected chi connectivity index (χ0v) is 15.0. The Kier molecular flexibility index (Phi) is 4.97. The van der Waals surface area contributed by atoms with Crippen molar-refractivity contribution in [2.45, 2.75) is 13.5 Å². The van der Waals surface area contributed by atoms with E-state index in [-0.39, 0.29) is 5.91 Å². The van der Waals surface area contributed by atoms with Gasteiger partial charge in [-0.05, 0) is 47.9 Å². The van der Waals surface area contributed by atoms with Gasteiger partial charge in [-0.3, -0.25) is 14.7 Å². The first-order valence-corrected chi connectivity index (χ1v) is 8.60. The minimum atomic E-state index is -0.0673. The summed E-state index contributed by atoms with van der Waals surface area (Å²) in [7, 11) is 1.64. The van der Waals surface area contributed by atoms with Crippen LogP contribution in [0.15, 0.2) is 47.6 Å². The molecule has 1 aliphatic heterocycles. The Labute approximate surface area is 150 Å². The molecule has 1 aliphatic rings. The Balaban J connectivity index is 1.82. The van der Waals surface area contributed by atoms with E-state index in [4.69, 9.17) is 17.0 Å². The number of benzene rings is 1. The first-order chi connectivity index (χ1) is 11.6. The number of thioether (sulfide) groups is 1. The minimum absolute atomic E-state index is 0.0673. The summed E-state index contributed by atoms with van der Waals surface area (Å²) < 4.78 is 5.83. The van der Waals surface area contributed by atoms with Gasteiger partial charge in [0.15, 0.2) is 0 Å². The van der Waals surface area contributed by atoms with Gasteiger partial charge >= 0.3 is 0 Å². The van der Waals surface area contributed by atoms with Gasteiger partial charge in [0, 0.05) is 12.4 Å². The Hall–Kier alpha value is -2.18. The van der Waals surface area contributed by atoms with Crippen LogP contribution in [-0.2, 0) is 11.3 Å². The highest BCUT2D eigenvalue weighted by Crippen LogP contribution is 2.34. The second-order valence-electron chi connectivity index (χ2n) is 5.36. The van der Waals surface area contributed by atoms with Gasteiger partial charge in [-0.1, -0.05) is 36.1 Å². The summed E-state index contributed by atoms with van der Waals surface area (Å²) in [5, 5.41) is 0. The van der Waals surface area contributed by atoms with Crippen molar-refractivity contribution in [2.24, 2.45) is 0 Å². The molecule has 4 nitrogen and oxygen atoms in total. The number of carbonyl (C=O) groups excluding carboxylic acids is 1. The molecule has 0 saturated carbocycles. The number of hydrogen-bond donors (Lipinski definition) is 0. The lowest BCUT2D eigenvalue weighted by Gasteiger charge is -2.13. The summed E-state index contributed by atoms with van der Waals surface area (Å²) in [6, 6.07) is 9.61. The average Bonchev–Trinajstić information content (AvgIpc) is 2.84. The summed E-state index contributed by atoms with van der Waals surface area (Å²) in [5.41, 5.74) is 2.93. The van der Waals surface area contributed by atoms with Gasteiger partial charge in [0.05, 0.1) is 18.6 Å². The molecular weight excluding hydrogens is 340 g/mol. The maximum Gasteiger partial charge on any atom is 0.266 e. The molecule has 3 rings (SSSR count). The zero-order chi connectivity index (χ0) is 17.1. The Morgan fingerprint density at radius 1 is 1.38 bits per heavy atom. The molecular formula is C18H16N2O2S2. The Morgan fingerprint density at radius 2 is 2.21 bits per heavy atom. The van der Waals surface area contributed by atoms with Crippen molar-refractivity contribution < 1.29 is 9.53 Å². The third-order valence-electron chi connectivity index (χ3n) is 3.65. The van der Waals surface area contributed by atoms with E-state index in [1.165, 1.54) is 11.8 Å². The quantitative estimate of drug-likeness (QED) is 0.616. The van der Waals surface area contributed by atoms with Crippen LogP contribution in [0.2, 0.25) is 0 Å². The zero-order valence-electron chi connectivity index (χ0n) is 13.4. The van der Waals surface area contributed by atoms with Gasteiger partial charge in [0.1, 0.15) is 10.1 Å². The van der Waals surface area contributed by atoms with Crippen LogP contribution in [0.1, 0.15) is 16.7 Å². The van der Waals surface area contributed by atoms with Gasteiger partial charge in [-0.15, -0.1) is 0 Å². The summed E-state index contributed by atoms with van der Waals surface area (Å²) in [4.78, 5) is 19.0. The molecule has 0 N–H and O–H groups in total. The summed E-state index contributed by atoms with van der Waals surface area (Å²) in [6.07, 6.45) is 5.32. The number of aryl methyl sites for hydroxylation is 1. The predicted molar refractivity (Wildman–Crippen MR) is 101 cm³/mol. The van der Waals surface area contributed by atoms with Crippen molar-refractivity contribution in [1.82, 2.24) is 9.88 Å².